The predicted molar refractivity (Wildman–Crippen MR) is 95.2 cm³/mol. The van der Waals surface area contributed by atoms with Gasteiger partial charge in [-0.15, -0.1) is 0 Å². The summed E-state index contributed by atoms with van der Waals surface area (Å²) in [5, 5.41) is 0. The summed E-state index contributed by atoms with van der Waals surface area (Å²) in [6.45, 7) is 3.97. The van der Waals surface area contributed by atoms with Crippen molar-refractivity contribution in [1.82, 2.24) is 19.8 Å². The molecule has 0 bridgehead atoms. The van der Waals surface area contributed by atoms with Gasteiger partial charge in [0.25, 0.3) is 5.91 Å². The maximum Gasteiger partial charge on any atom is 0.253 e. The Bertz CT molecular complexity index is 706. The topological polar surface area (TPSA) is 52.6 Å². The van der Waals surface area contributed by atoms with Crippen molar-refractivity contribution in [2.24, 2.45) is 0 Å². The van der Waals surface area contributed by atoms with Gasteiger partial charge < -0.3 is 14.7 Å². The first kappa shape index (κ1) is 16.4. The van der Waals surface area contributed by atoms with Crippen LogP contribution in [0.1, 0.15) is 10.4 Å². The second-order valence-corrected chi connectivity index (χ2v) is 6.33. The van der Waals surface area contributed by atoms with E-state index in [9.17, 15) is 4.79 Å². The van der Waals surface area contributed by atoms with Crippen molar-refractivity contribution in [3.8, 4) is 11.1 Å². The van der Waals surface area contributed by atoms with Crippen LogP contribution >= 0.6 is 0 Å². The van der Waals surface area contributed by atoms with Crippen molar-refractivity contribution < 1.29 is 4.79 Å². The van der Waals surface area contributed by atoms with Crippen molar-refractivity contribution in [3.05, 3.63) is 42.4 Å². The van der Waals surface area contributed by atoms with Crippen molar-refractivity contribution in [1.29, 1.82) is 0 Å². The van der Waals surface area contributed by atoms with Gasteiger partial charge >= 0.3 is 0 Å². The fraction of sp³-hybridized carbons (Fsp3) is 0.389. The molecule has 0 spiro atoms. The molecule has 0 saturated carbocycles. The molecule has 2 heterocycles. The molecule has 1 aromatic carbocycles. The van der Waals surface area contributed by atoms with Gasteiger partial charge in [-0.05, 0) is 24.7 Å². The molecule has 1 aliphatic rings. The van der Waals surface area contributed by atoms with Gasteiger partial charge in [0.15, 0.2) is 0 Å². The van der Waals surface area contributed by atoms with E-state index in [0.717, 1.165) is 43.1 Å². The maximum absolute atomic E-state index is 12.0. The first-order valence-corrected chi connectivity index (χ1v) is 8.12. The summed E-state index contributed by atoms with van der Waals surface area (Å²) in [6.07, 6.45) is 3.45. The molecule has 1 amide bonds. The van der Waals surface area contributed by atoms with Gasteiger partial charge in [-0.3, -0.25) is 4.79 Å². The van der Waals surface area contributed by atoms with E-state index in [2.05, 4.69) is 26.8 Å². The average molecular weight is 325 g/mol. The summed E-state index contributed by atoms with van der Waals surface area (Å²) in [7, 11) is 5.65. The molecule has 3 rings (SSSR count). The molecule has 0 atom stereocenters. The summed E-state index contributed by atoms with van der Waals surface area (Å²) >= 11 is 0. The largest absolute Gasteiger partial charge is 0.353 e. The summed E-state index contributed by atoms with van der Waals surface area (Å²) < 4.78 is 0. The van der Waals surface area contributed by atoms with Crippen LogP contribution in [0.3, 0.4) is 0 Å². The maximum atomic E-state index is 12.0. The van der Waals surface area contributed by atoms with Crippen molar-refractivity contribution in [2.75, 3.05) is 52.2 Å². The van der Waals surface area contributed by atoms with E-state index in [1.165, 1.54) is 0 Å². The number of anilines is 1. The summed E-state index contributed by atoms with van der Waals surface area (Å²) in [6, 6.07) is 7.65. The van der Waals surface area contributed by atoms with Crippen LogP contribution in [0.5, 0.6) is 0 Å². The van der Waals surface area contributed by atoms with E-state index < -0.39 is 0 Å². The Hall–Kier alpha value is -2.47. The van der Waals surface area contributed by atoms with E-state index >= 15 is 0 Å². The highest BCUT2D eigenvalue weighted by Crippen LogP contribution is 2.29. The van der Waals surface area contributed by atoms with Crippen molar-refractivity contribution in [2.45, 2.75) is 0 Å². The summed E-state index contributed by atoms with van der Waals surface area (Å²) in [5.74, 6) is 0.968. The standard InChI is InChI=1S/C18H23N5O/c1-21(2)18(24)15-6-4-14(5-7-15)16-12-19-13-20-17(16)23-10-8-22(3)9-11-23/h4-7,12-13H,8-11H2,1-3H3. The quantitative estimate of drug-likeness (QED) is 0.858. The van der Waals surface area contributed by atoms with E-state index in [1.807, 2.05) is 30.5 Å². The molecular weight excluding hydrogens is 302 g/mol. The van der Waals surface area contributed by atoms with Crippen LogP contribution in [-0.2, 0) is 0 Å². The average Bonchev–Trinajstić information content (AvgIpc) is 2.62. The predicted octanol–water partition coefficient (Wildman–Crippen LogP) is 1.60. The third-order valence-electron chi connectivity index (χ3n) is 4.34. The van der Waals surface area contributed by atoms with Crippen LogP contribution in [-0.4, -0.2) is 73.0 Å². The van der Waals surface area contributed by atoms with Crippen LogP contribution in [0.25, 0.3) is 11.1 Å². The van der Waals surface area contributed by atoms with Gasteiger partial charge in [-0.25, -0.2) is 9.97 Å². The van der Waals surface area contributed by atoms with E-state index in [0.29, 0.717) is 5.56 Å². The minimum absolute atomic E-state index is 0.00477. The number of piperazine rings is 1. The second kappa shape index (κ2) is 6.97. The van der Waals surface area contributed by atoms with Crippen LogP contribution in [0, 0.1) is 0 Å². The van der Waals surface area contributed by atoms with Gasteiger partial charge in [0.1, 0.15) is 12.1 Å². The van der Waals surface area contributed by atoms with Crippen molar-refractivity contribution >= 4 is 11.7 Å². The number of aromatic nitrogens is 2. The number of likely N-dealkylation sites (N-methyl/N-ethyl adjacent to an activating group) is 1. The molecule has 1 aromatic heterocycles. The Kier molecular flexibility index (Phi) is 4.76. The highest BCUT2D eigenvalue weighted by molar-refractivity contribution is 5.94. The molecule has 24 heavy (non-hydrogen) atoms. The number of benzene rings is 1. The van der Waals surface area contributed by atoms with Gasteiger partial charge in [-0.1, -0.05) is 12.1 Å². The molecule has 6 heteroatoms. The van der Waals surface area contributed by atoms with Crippen LogP contribution < -0.4 is 4.90 Å². The van der Waals surface area contributed by atoms with E-state index in [4.69, 9.17) is 0 Å². The Morgan fingerprint density at radius 3 is 2.38 bits per heavy atom. The minimum atomic E-state index is 0.00477. The second-order valence-electron chi connectivity index (χ2n) is 6.33. The fourth-order valence-electron chi connectivity index (χ4n) is 2.85. The minimum Gasteiger partial charge on any atom is -0.353 e. The van der Waals surface area contributed by atoms with Crippen LogP contribution in [0.4, 0.5) is 5.82 Å². The number of carbonyl (C=O) groups is 1. The Morgan fingerprint density at radius 2 is 1.75 bits per heavy atom. The third kappa shape index (κ3) is 3.38. The third-order valence-corrected chi connectivity index (χ3v) is 4.34. The van der Waals surface area contributed by atoms with E-state index in [1.54, 1.807) is 25.3 Å². The zero-order valence-electron chi connectivity index (χ0n) is 14.4. The van der Waals surface area contributed by atoms with E-state index in [-0.39, 0.29) is 5.91 Å². The molecule has 0 N–H and O–H groups in total. The molecule has 1 fully saturated rings. The summed E-state index contributed by atoms with van der Waals surface area (Å²) in [5.41, 5.74) is 2.72. The lowest BCUT2D eigenvalue weighted by molar-refractivity contribution is 0.0827. The smallest absolute Gasteiger partial charge is 0.253 e. The molecule has 0 radical (unpaired) electrons. The fourth-order valence-corrected chi connectivity index (χ4v) is 2.85. The molecule has 0 unspecified atom stereocenters. The number of nitrogens with zero attached hydrogens (tertiary/aromatic N) is 5. The lowest BCUT2D eigenvalue weighted by Crippen LogP contribution is -2.45. The van der Waals surface area contributed by atoms with Crippen LogP contribution in [0.15, 0.2) is 36.8 Å². The SMILES string of the molecule is CN1CCN(c2ncncc2-c2ccc(C(=O)N(C)C)cc2)CC1. The number of hydrogen-bond donors (Lipinski definition) is 0. The number of rotatable bonds is 3. The number of carbonyl (C=O) groups excluding carboxylic acids is 1. The zero-order chi connectivity index (χ0) is 17.1. The highest BCUT2D eigenvalue weighted by Gasteiger charge is 2.19. The molecule has 0 aliphatic carbocycles. The zero-order valence-corrected chi connectivity index (χ0v) is 14.4. The number of hydrogen-bond acceptors (Lipinski definition) is 5. The van der Waals surface area contributed by atoms with Gasteiger partial charge in [-0.2, -0.15) is 0 Å². The first-order valence-electron chi connectivity index (χ1n) is 8.12. The molecule has 1 saturated heterocycles. The monoisotopic (exact) mass is 325 g/mol. The lowest BCUT2D eigenvalue weighted by atomic mass is 10.0. The summed E-state index contributed by atoms with van der Waals surface area (Å²) in [4.78, 5) is 26.9. The lowest BCUT2D eigenvalue weighted by Gasteiger charge is -2.34. The molecule has 2 aromatic rings. The van der Waals surface area contributed by atoms with Gasteiger partial charge in [0, 0.05) is 57.6 Å². The highest BCUT2D eigenvalue weighted by atomic mass is 16.2. The van der Waals surface area contributed by atoms with Gasteiger partial charge in [0.05, 0.1) is 0 Å². The first-order chi connectivity index (χ1) is 11.6. The van der Waals surface area contributed by atoms with Gasteiger partial charge in [0.2, 0.25) is 0 Å². The molecule has 126 valence electrons. The molecular formula is C18H23N5O. The Morgan fingerprint density at radius 1 is 1.08 bits per heavy atom. The number of amides is 1. The molecule has 6 nitrogen and oxygen atoms in total. The van der Waals surface area contributed by atoms with Crippen molar-refractivity contribution in [3.63, 3.8) is 0 Å². The Labute approximate surface area is 142 Å². The van der Waals surface area contributed by atoms with Crippen LogP contribution in [0.2, 0.25) is 0 Å². The molecule has 1 aliphatic heterocycles. The Balaban J connectivity index is 1.88. The normalized spacial score (nSPS) is 15.4.